The van der Waals surface area contributed by atoms with Crippen LogP contribution in [0.4, 0.5) is 0 Å². The second kappa shape index (κ2) is 3.48. The van der Waals surface area contributed by atoms with E-state index in [2.05, 4.69) is 0 Å². The van der Waals surface area contributed by atoms with Crippen LogP contribution in [0.25, 0.3) is 0 Å². The summed E-state index contributed by atoms with van der Waals surface area (Å²) in [6.45, 7) is 1.23. The van der Waals surface area contributed by atoms with Crippen LogP contribution in [0.1, 0.15) is 19.8 Å². The maximum absolute atomic E-state index is 11.6. The van der Waals surface area contributed by atoms with Gasteiger partial charge in [0.25, 0.3) is 0 Å². The lowest BCUT2D eigenvalue weighted by Crippen LogP contribution is -2.54. The molecule has 0 aromatic rings. The predicted octanol–water partition coefficient (Wildman–Crippen LogP) is -1.50. The number of primary amides is 2. The van der Waals surface area contributed by atoms with Crippen LogP contribution in [-0.4, -0.2) is 30.7 Å². The first-order valence-electron chi connectivity index (χ1n) is 4.37. The minimum absolute atomic E-state index is 0.0839. The molecule has 85 valence electrons. The highest BCUT2D eigenvalue weighted by Crippen LogP contribution is 2.35. The van der Waals surface area contributed by atoms with Crippen LogP contribution >= 0.6 is 0 Å². The van der Waals surface area contributed by atoms with Crippen LogP contribution in [-0.2, 0) is 19.4 Å². The number of hydrogen-bond donors (Lipinski definition) is 2. The monoisotopic (exact) mass is 233 g/mol. The molecule has 15 heavy (non-hydrogen) atoms. The number of hydrogen-bond acceptors (Lipinski definition) is 4. The second-order valence-corrected chi connectivity index (χ2v) is 6.35. The van der Waals surface area contributed by atoms with E-state index in [1.54, 1.807) is 0 Å². The molecule has 1 unspecified atom stereocenters. The van der Waals surface area contributed by atoms with E-state index in [1.165, 1.54) is 6.92 Å². The van der Waals surface area contributed by atoms with E-state index >= 15 is 0 Å². The molecule has 1 rings (SSSR count). The lowest BCUT2D eigenvalue weighted by atomic mass is 9.91. The smallest absolute Gasteiger partial charge is 0.238 e. The molecule has 1 saturated heterocycles. The van der Waals surface area contributed by atoms with Crippen molar-refractivity contribution in [3.63, 3.8) is 0 Å². The zero-order valence-corrected chi connectivity index (χ0v) is 9.13. The van der Waals surface area contributed by atoms with Gasteiger partial charge in [0, 0.05) is 0 Å². The standard InChI is InChI=1S/C8H13N2O4S/c1-8(7(10)12)4-5(6(9)11)2-3-15(8,13)14/h2-4H2,1H3,(H2,9,11)(H2,10,12). The Morgan fingerprint density at radius 1 is 1.33 bits per heavy atom. The summed E-state index contributed by atoms with van der Waals surface area (Å²) in [5.74, 6) is -1.62. The fourth-order valence-electron chi connectivity index (χ4n) is 1.54. The fourth-order valence-corrected chi connectivity index (χ4v) is 3.21. The highest BCUT2D eigenvalue weighted by Gasteiger charge is 2.50. The highest BCUT2D eigenvalue weighted by molar-refractivity contribution is 7.93. The molecule has 0 aromatic carbocycles. The van der Waals surface area contributed by atoms with E-state index in [1.807, 2.05) is 0 Å². The van der Waals surface area contributed by atoms with Gasteiger partial charge in [0.2, 0.25) is 11.8 Å². The van der Waals surface area contributed by atoms with Crippen molar-refractivity contribution in [3.05, 3.63) is 5.92 Å². The van der Waals surface area contributed by atoms with Crippen molar-refractivity contribution in [2.45, 2.75) is 24.5 Å². The summed E-state index contributed by atoms with van der Waals surface area (Å²) in [6, 6.07) is 0. The Kier molecular flexibility index (Phi) is 2.77. The molecular formula is C8H13N2O4S. The third-order valence-electron chi connectivity index (χ3n) is 2.78. The summed E-state index contributed by atoms with van der Waals surface area (Å²) in [7, 11) is -3.59. The van der Waals surface area contributed by atoms with Crippen molar-refractivity contribution in [1.82, 2.24) is 0 Å². The van der Waals surface area contributed by atoms with Gasteiger partial charge in [-0.15, -0.1) is 0 Å². The molecule has 0 saturated carbocycles. The molecule has 6 nitrogen and oxygen atoms in total. The van der Waals surface area contributed by atoms with Gasteiger partial charge in [-0.3, -0.25) is 9.59 Å². The Hall–Kier alpha value is -1.11. The summed E-state index contributed by atoms with van der Waals surface area (Å²) in [5, 5.41) is 0. The normalized spacial score (nSPS) is 31.0. The van der Waals surface area contributed by atoms with Gasteiger partial charge in [-0.25, -0.2) is 8.42 Å². The third kappa shape index (κ3) is 1.83. The van der Waals surface area contributed by atoms with Gasteiger partial charge in [0.15, 0.2) is 9.84 Å². The van der Waals surface area contributed by atoms with Crippen LogP contribution in [0.15, 0.2) is 0 Å². The average Bonchev–Trinajstić information content (AvgIpc) is 2.09. The maximum atomic E-state index is 11.6. The van der Waals surface area contributed by atoms with E-state index in [-0.39, 0.29) is 24.5 Å². The first-order valence-corrected chi connectivity index (χ1v) is 6.02. The van der Waals surface area contributed by atoms with Gasteiger partial charge in [0.05, 0.1) is 11.7 Å². The van der Waals surface area contributed by atoms with E-state index in [0.717, 1.165) is 0 Å². The topological polar surface area (TPSA) is 120 Å². The Morgan fingerprint density at radius 3 is 2.27 bits per heavy atom. The first kappa shape index (κ1) is 12.0. The van der Waals surface area contributed by atoms with Crippen LogP contribution < -0.4 is 11.5 Å². The quantitative estimate of drug-likeness (QED) is 0.602. The number of amides is 2. The molecule has 1 aliphatic rings. The Balaban J connectivity index is 3.10. The number of carbonyl (C=O) groups is 2. The van der Waals surface area contributed by atoms with Crippen LogP contribution in [0.3, 0.4) is 0 Å². The molecule has 7 heteroatoms. The predicted molar refractivity (Wildman–Crippen MR) is 53.1 cm³/mol. The van der Waals surface area contributed by atoms with Crippen molar-refractivity contribution < 1.29 is 18.0 Å². The maximum Gasteiger partial charge on any atom is 0.238 e. The Bertz CT molecular complexity index is 403. The van der Waals surface area contributed by atoms with Crippen LogP contribution in [0, 0.1) is 5.92 Å². The number of carbonyl (C=O) groups excluding carboxylic acids is 2. The van der Waals surface area contributed by atoms with Gasteiger partial charge in [0.1, 0.15) is 4.75 Å². The number of nitrogens with two attached hydrogens (primary N) is 2. The van der Waals surface area contributed by atoms with Crippen molar-refractivity contribution >= 4 is 21.7 Å². The molecule has 2 amide bonds. The zero-order valence-electron chi connectivity index (χ0n) is 8.32. The minimum atomic E-state index is -3.59. The zero-order chi connectivity index (χ0) is 11.9. The van der Waals surface area contributed by atoms with Gasteiger partial charge in [-0.2, -0.15) is 0 Å². The largest absolute Gasteiger partial charge is 0.369 e. The van der Waals surface area contributed by atoms with Crippen molar-refractivity contribution in [2.75, 3.05) is 5.75 Å². The van der Waals surface area contributed by atoms with E-state index < -0.39 is 26.4 Å². The molecule has 4 N–H and O–H groups in total. The molecule has 0 aliphatic carbocycles. The van der Waals surface area contributed by atoms with Crippen molar-refractivity contribution in [2.24, 2.45) is 11.5 Å². The lowest BCUT2D eigenvalue weighted by Gasteiger charge is -2.33. The lowest BCUT2D eigenvalue weighted by molar-refractivity contribution is -0.120. The number of sulfone groups is 1. The average molecular weight is 233 g/mol. The molecule has 1 radical (unpaired) electrons. The third-order valence-corrected chi connectivity index (χ3v) is 5.24. The Labute approximate surface area is 87.9 Å². The fraction of sp³-hybridized carbons (Fsp3) is 0.625. The molecule has 0 spiro atoms. The Morgan fingerprint density at radius 2 is 1.87 bits per heavy atom. The van der Waals surface area contributed by atoms with Crippen LogP contribution in [0.5, 0.6) is 0 Å². The number of rotatable bonds is 2. The SMILES string of the molecule is CC1(C(N)=O)C[C](C(N)=O)CCS1(=O)=O. The molecule has 0 bridgehead atoms. The van der Waals surface area contributed by atoms with Crippen LogP contribution in [0.2, 0.25) is 0 Å². The summed E-state index contributed by atoms with van der Waals surface area (Å²) in [6.07, 6.45) is -0.111. The summed E-state index contributed by atoms with van der Waals surface area (Å²) in [4.78, 5) is 22.1. The van der Waals surface area contributed by atoms with Gasteiger partial charge in [-0.1, -0.05) is 0 Å². The molecule has 1 aliphatic heterocycles. The summed E-state index contributed by atoms with van der Waals surface area (Å²) in [5.41, 5.74) is 10.1. The summed E-state index contributed by atoms with van der Waals surface area (Å²) < 4.78 is 21.6. The van der Waals surface area contributed by atoms with Gasteiger partial charge < -0.3 is 11.5 Å². The molecule has 1 fully saturated rings. The van der Waals surface area contributed by atoms with Gasteiger partial charge in [-0.05, 0) is 19.8 Å². The van der Waals surface area contributed by atoms with Gasteiger partial charge >= 0.3 is 0 Å². The highest BCUT2D eigenvalue weighted by atomic mass is 32.2. The molecular weight excluding hydrogens is 220 g/mol. The first-order chi connectivity index (χ1) is 6.71. The summed E-state index contributed by atoms with van der Waals surface area (Å²) >= 11 is 0. The van der Waals surface area contributed by atoms with E-state index in [0.29, 0.717) is 0 Å². The second-order valence-electron chi connectivity index (χ2n) is 3.81. The van der Waals surface area contributed by atoms with E-state index in [9.17, 15) is 18.0 Å². The molecule has 1 heterocycles. The minimum Gasteiger partial charge on any atom is -0.369 e. The van der Waals surface area contributed by atoms with Crippen molar-refractivity contribution in [3.8, 4) is 0 Å². The molecule has 0 aromatic heterocycles. The van der Waals surface area contributed by atoms with E-state index in [4.69, 9.17) is 11.5 Å². The molecule has 1 atom stereocenters. The van der Waals surface area contributed by atoms with Crippen molar-refractivity contribution in [1.29, 1.82) is 0 Å².